The molecule has 0 aliphatic heterocycles. The standard InChI is InChI=1S/C14H18N4O.ClH/c1-10-13(9-18(2)17-10)14(19)16-8-7-11-3-5-12(15)6-4-11;/h3-6,9H,7-8,15H2,1-2H3,(H,16,19);1H. The minimum absolute atomic E-state index is 0. The lowest BCUT2D eigenvalue weighted by Gasteiger charge is -2.05. The number of hydrogen-bond donors (Lipinski definition) is 2. The Morgan fingerprint density at radius 3 is 2.55 bits per heavy atom. The summed E-state index contributed by atoms with van der Waals surface area (Å²) in [6.45, 7) is 2.42. The molecule has 0 atom stereocenters. The molecular weight excluding hydrogens is 276 g/mol. The summed E-state index contributed by atoms with van der Waals surface area (Å²) >= 11 is 0. The first kappa shape index (κ1) is 16.0. The molecule has 20 heavy (non-hydrogen) atoms. The Kier molecular flexibility index (Phi) is 5.58. The minimum atomic E-state index is -0.0824. The van der Waals surface area contributed by atoms with Gasteiger partial charge in [-0.2, -0.15) is 5.10 Å². The maximum absolute atomic E-state index is 11.9. The molecular formula is C14H19ClN4O. The first-order chi connectivity index (χ1) is 9.06. The predicted octanol–water partition coefficient (Wildman–Crippen LogP) is 1.71. The van der Waals surface area contributed by atoms with Gasteiger partial charge in [0.2, 0.25) is 0 Å². The number of nitrogen functional groups attached to an aromatic ring is 1. The summed E-state index contributed by atoms with van der Waals surface area (Å²) in [7, 11) is 1.80. The molecule has 0 spiro atoms. The molecule has 0 bridgehead atoms. The third-order valence-electron chi connectivity index (χ3n) is 2.94. The molecule has 0 radical (unpaired) electrons. The minimum Gasteiger partial charge on any atom is -0.399 e. The van der Waals surface area contributed by atoms with Crippen molar-refractivity contribution in [3.05, 3.63) is 47.3 Å². The van der Waals surface area contributed by atoms with E-state index in [0.29, 0.717) is 12.1 Å². The summed E-state index contributed by atoms with van der Waals surface area (Å²) in [6, 6.07) is 7.67. The molecule has 6 heteroatoms. The third kappa shape index (κ3) is 3.99. The SMILES string of the molecule is Cc1nn(C)cc1C(=O)NCCc1ccc(N)cc1.Cl. The lowest BCUT2D eigenvalue weighted by Crippen LogP contribution is -2.25. The van der Waals surface area contributed by atoms with Crippen LogP contribution in [0.3, 0.4) is 0 Å². The van der Waals surface area contributed by atoms with Gasteiger partial charge < -0.3 is 11.1 Å². The van der Waals surface area contributed by atoms with Gasteiger partial charge in [-0.15, -0.1) is 12.4 Å². The highest BCUT2D eigenvalue weighted by atomic mass is 35.5. The quantitative estimate of drug-likeness (QED) is 0.843. The van der Waals surface area contributed by atoms with Crippen LogP contribution in [0.1, 0.15) is 21.6 Å². The van der Waals surface area contributed by atoms with Gasteiger partial charge in [-0.25, -0.2) is 0 Å². The summed E-state index contributed by atoms with van der Waals surface area (Å²) in [6.07, 6.45) is 2.51. The topological polar surface area (TPSA) is 72.9 Å². The molecule has 0 saturated heterocycles. The van der Waals surface area contributed by atoms with Crippen molar-refractivity contribution in [3.63, 3.8) is 0 Å². The van der Waals surface area contributed by atoms with Crippen molar-refractivity contribution in [2.75, 3.05) is 12.3 Å². The van der Waals surface area contributed by atoms with E-state index in [1.807, 2.05) is 31.2 Å². The van der Waals surface area contributed by atoms with Gasteiger partial charge in [0, 0.05) is 25.5 Å². The summed E-state index contributed by atoms with van der Waals surface area (Å²) in [5, 5.41) is 7.04. The number of hydrogen-bond acceptors (Lipinski definition) is 3. The molecule has 1 amide bonds. The number of benzene rings is 1. The van der Waals surface area contributed by atoms with Crippen LogP contribution in [0.5, 0.6) is 0 Å². The fraction of sp³-hybridized carbons (Fsp3) is 0.286. The van der Waals surface area contributed by atoms with Crippen molar-refractivity contribution in [2.45, 2.75) is 13.3 Å². The van der Waals surface area contributed by atoms with Crippen molar-refractivity contribution in [2.24, 2.45) is 7.05 Å². The number of nitrogens with one attached hydrogen (secondary N) is 1. The van der Waals surface area contributed by atoms with E-state index in [-0.39, 0.29) is 18.3 Å². The van der Waals surface area contributed by atoms with Crippen LogP contribution in [0.2, 0.25) is 0 Å². The van der Waals surface area contributed by atoms with E-state index in [1.165, 1.54) is 0 Å². The van der Waals surface area contributed by atoms with E-state index < -0.39 is 0 Å². The highest BCUT2D eigenvalue weighted by Gasteiger charge is 2.11. The first-order valence-corrected chi connectivity index (χ1v) is 6.19. The van der Waals surface area contributed by atoms with Crippen LogP contribution in [0.4, 0.5) is 5.69 Å². The number of nitrogens with two attached hydrogens (primary N) is 1. The maximum atomic E-state index is 11.9. The molecule has 0 saturated carbocycles. The summed E-state index contributed by atoms with van der Waals surface area (Å²) < 4.78 is 1.64. The molecule has 2 rings (SSSR count). The Morgan fingerprint density at radius 2 is 2.00 bits per heavy atom. The number of carbonyl (C=O) groups excluding carboxylic acids is 1. The number of anilines is 1. The highest BCUT2D eigenvalue weighted by molar-refractivity contribution is 5.94. The molecule has 0 aliphatic rings. The summed E-state index contributed by atoms with van der Waals surface area (Å²) in [4.78, 5) is 11.9. The Bertz CT molecular complexity index is 577. The van der Waals surface area contributed by atoms with Crippen LogP contribution in [-0.4, -0.2) is 22.2 Å². The fourth-order valence-electron chi connectivity index (χ4n) is 1.92. The second-order valence-electron chi connectivity index (χ2n) is 4.55. The van der Waals surface area contributed by atoms with Gasteiger partial charge in [0.1, 0.15) is 0 Å². The molecule has 5 nitrogen and oxygen atoms in total. The number of carbonyl (C=O) groups is 1. The second-order valence-corrected chi connectivity index (χ2v) is 4.55. The number of halogens is 1. The third-order valence-corrected chi connectivity index (χ3v) is 2.94. The normalized spacial score (nSPS) is 9.90. The largest absolute Gasteiger partial charge is 0.399 e. The molecule has 0 fully saturated rings. The maximum Gasteiger partial charge on any atom is 0.254 e. The van der Waals surface area contributed by atoms with Gasteiger partial charge in [0.15, 0.2) is 0 Å². The van der Waals surface area contributed by atoms with E-state index >= 15 is 0 Å². The first-order valence-electron chi connectivity index (χ1n) is 6.19. The highest BCUT2D eigenvalue weighted by Crippen LogP contribution is 2.06. The summed E-state index contributed by atoms with van der Waals surface area (Å²) in [5.74, 6) is -0.0824. The molecule has 0 aliphatic carbocycles. The van der Waals surface area contributed by atoms with Crippen molar-refractivity contribution in [1.82, 2.24) is 15.1 Å². The van der Waals surface area contributed by atoms with Crippen LogP contribution in [0, 0.1) is 6.92 Å². The van der Waals surface area contributed by atoms with E-state index in [4.69, 9.17) is 5.73 Å². The number of rotatable bonds is 4. The van der Waals surface area contributed by atoms with E-state index in [9.17, 15) is 4.79 Å². The van der Waals surface area contributed by atoms with Gasteiger partial charge in [-0.1, -0.05) is 12.1 Å². The molecule has 0 unspecified atom stereocenters. The van der Waals surface area contributed by atoms with Crippen LogP contribution in [0.25, 0.3) is 0 Å². The van der Waals surface area contributed by atoms with Gasteiger partial charge in [-0.3, -0.25) is 9.48 Å². The van der Waals surface area contributed by atoms with Crippen LogP contribution in [0.15, 0.2) is 30.5 Å². The number of nitrogens with zero attached hydrogens (tertiary/aromatic N) is 2. The lowest BCUT2D eigenvalue weighted by atomic mass is 10.1. The average Bonchev–Trinajstić information content (AvgIpc) is 2.71. The molecule has 3 N–H and O–H groups in total. The Morgan fingerprint density at radius 1 is 1.35 bits per heavy atom. The van der Waals surface area contributed by atoms with Crippen molar-refractivity contribution >= 4 is 24.0 Å². The van der Waals surface area contributed by atoms with E-state index in [0.717, 1.165) is 23.4 Å². The van der Waals surface area contributed by atoms with Crippen molar-refractivity contribution < 1.29 is 4.79 Å². The number of aryl methyl sites for hydroxylation is 2. The molecule has 1 aromatic carbocycles. The molecule has 1 heterocycles. The number of amides is 1. The second kappa shape index (κ2) is 6.96. The van der Waals surface area contributed by atoms with Crippen molar-refractivity contribution in [1.29, 1.82) is 0 Å². The zero-order valence-electron chi connectivity index (χ0n) is 11.6. The lowest BCUT2D eigenvalue weighted by molar-refractivity contribution is 0.0953. The van der Waals surface area contributed by atoms with E-state index in [2.05, 4.69) is 10.4 Å². The van der Waals surface area contributed by atoms with Crippen molar-refractivity contribution in [3.8, 4) is 0 Å². The molecule has 2 aromatic rings. The smallest absolute Gasteiger partial charge is 0.254 e. The Hall–Kier alpha value is -2.01. The molecule has 108 valence electrons. The van der Waals surface area contributed by atoms with Gasteiger partial charge in [-0.05, 0) is 31.0 Å². The van der Waals surface area contributed by atoms with E-state index in [1.54, 1.807) is 17.9 Å². The zero-order chi connectivity index (χ0) is 13.8. The van der Waals surface area contributed by atoms with Crippen LogP contribution < -0.4 is 11.1 Å². The van der Waals surface area contributed by atoms with Gasteiger partial charge in [0.05, 0.1) is 11.3 Å². The number of aromatic nitrogens is 2. The van der Waals surface area contributed by atoms with Gasteiger partial charge >= 0.3 is 0 Å². The van der Waals surface area contributed by atoms with Crippen LogP contribution >= 0.6 is 12.4 Å². The summed E-state index contributed by atoms with van der Waals surface area (Å²) in [5.41, 5.74) is 8.89. The fourth-order valence-corrected chi connectivity index (χ4v) is 1.92. The monoisotopic (exact) mass is 294 g/mol. The molecule has 1 aromatic heterocycles. The van der Waals surface area contributed by atoms with Gasteiger partial charge in [0.25, 0.3) is 5.91 Å². The Balaban J connectivity index is 0.00000200. The Labute approximate surface area is 124 Å². The van der Waals surface area contributed by atoms with Crippen LogP contribution in [-0.2, 0) is 13.5 Å². The predicted molar refractivity (Wildman–Crippen MR) is 82.1 cm³/mol. The zero-order valence-corrected chi connectivity index (χ0v) is 12.4. The average molecular weight is 295 g/mol.